The third kappa shape index (κ3) is 3.66. The summed E-state index contributed by atoms with van der Waals surface area (Å²) in [5.74, 6) is -0.298. The number of nitrogens with two attached hydrogens (primary N) is 1. The zero-order chi connectivity index (χ0) is 13.8. The summed E-state index contributed by atoms with van der Waals surface area (Å²) in [6.45, 7) is 7.72. The lowest BCUT2D eigenvalue weighted by Crippen LogP contribution is -2.48. The van der Waals surface area contributed by atoms with Crippen LogP contribution in [0.2, 0.25) is 5.02 Å². The summed E-state index contributed by atoms with van der Waals surface area (Å²) < 4.78 is 13.5. The van der Waals surface area contributed by atoms with E-state index >= 15 is 0 Å². The molecule has 0 radical (unpaired) electrons. The highest BCUT2D eigenvalue weighted by Crippen LogP contribution is 2.25. The van der Waals surface area contributed by atoms with E-state index in [0.29, 0.717) is 11.6 Å². The molecule has 1 saturated heterocycles. The predicted octanol–water partition coefficient (Wildman–Crippen LogP) is 2.12. The Labute approximate surface area is 119 Å². The SMILES string of the molecule is CCN1CCN(C(CN)c2cc(F)cc(Cl)c2)CC1. The van der Waals surface area contributed by atoms with E-state index in [1.807, 2.05) is 6.07 Å². The van der Waals surface area contributed by atoms with Crippen LogP contribution < -0.4 is 5.73 Å². The van der Waals surface area contributed by atoms with Gasteiger partial charge in [-0.1, -0.05) is 18.5 Å². The molecule has 1 aliphatic rings. The smallest absolute Gasteiger partial charge is 0.125 e. The summed E-state index contributed by atoms with van der Waals surface area (Å²) in [5.41, 5.74) is 6.75. The molecule has 3 nitrogen and oxygen atoms in total. The van der Waals surface area contributed by atoms with Crippen molar-refractivity contribution < 1.29 is 4.39 Å². The molecule has 1 unspecified atom stereocenters. The van der Waals surface area contributed by atoms with E-state index in [0.717, 1.165) is 38.3 Å². The first-order chi connectivity index (χ1) is 9.13. The third-order valence-corrected chi connectivity index (χ3v) is 4.01. The molecule has 1 fully saturated rings. The Morgan fingerprint density at radius 2 is 1.95 bits per heavy atom. The molecule has 19 heavy (non-hydrogen) atoms. The number of piperazine rings is 1. The molecule has 0 bridgehead atoms. The molecular formula is C14H21ClFN3. The van der Waals surface area contributed by atoms with Gasteiger partial charge in [0, 0.05) is 43.8 Å². The highest BCUT2D eigenvalue weighted by atomic mass is 35.5. The van der Waals surface area contributed by atoms with Crippen LogP contribution in [0.4, 0.5) is 4.39 Å². The third-order valence-electron chi connectivity index (χ3n) is 3.79. The molecule has 0 spiro atoms. The molecule has 0 aliphatic carbocycles. The van der Waals surface area contributed by atoms with Gasteiger partial charge >= 0.3 is 0 Å². The molecule has 1 aromatic rings. The van der Waals surface area contributed by atoms with Crippen molar-refractivity contribution in [1.29, 1.82) is 0 Å². The quantitative estimate of drug-likeness (QED) is 0.920. The van der Waals surface area contributed by atoms with Crippen LogP contribution in [0.1, 0.15) is 18.5 Å². The van der Waals surface area contributed by atoms with Gasteiger partial charge in [-0.15, -0.1) is 0 Å². The van der Waals surface area contributed by atoms with Gasteiger partial charge in [-0.2, -0.15) is 0 Å². The first kappa shape index (κ1) is 14.7. The van der Waals surface area contributed by atoms with Gasteiger partial charge in [-0.05, 0) is 30.3 Å². The highest BCUT2D eigenvalue weighted by Gasteiger charge is 2.24. The standard InChI is InChI=1S/C14H21ClFN3/c1-2-18-3-5-19(6-4-18)14(10-17)11-7-12(15)9-13(16)8-11/h7-9,14H,2-6,10,17H2,1H3. The van der Waals surface area contributed by atoms with Crippen LogP contribution in [0, 0.1) is 5.82 Å². The van der Waals surface area contributed by atoms with Gasteiger partial charge in [-0.25, -0.2) is 4.39 Å². The Morgan fingerprint density at radius 1 is 1.26 bits per heavy atom. The number of halogens is 2. The summed E-state index contributed by atoms with van der Waals surface area (Å²) in [6.07, 6.45) is 0. The summed E-state index contributed by atoms with van der Waals surface area (Å²) in [6, 6.07) is 4.73. The maximum absolute atomic E-state index is 13.5. The van der Waals surface area contributed by atoms with Crippen LogP contribution in [0.15, 0.2) is 18.2 Å². The van der Waals surface area contributed by atoms with Crippen LogP contribution in [-0.2, 0) is 0 Å². The molecule has 0 saturated carbocycles. The van der Waals surface area contributed by atoms with E-state index in [9.17, 15) is 4.39 Å². The van der Waals surface area contributed by atoms with Crippen molar-refractivity contribution in [3.05, 3.63) is 34.6 Å². The van der Waals surface area contributed by atoms with Crippen LogP contribution in [-0.4, -0.2) is 49.1 Å². The van der Waals surface area contributed by atoms with Gasteiger partial charge in [0.2, 0.25) is 0 Å². The van der Waals surface area contributed by atoms with Gasteiger partial charge < -0.3 is 10.6 Å². The molecule has 1 heterocycles. The predicted molar refractivity (Wildman–Crippen MR) is 76.9 cm³/mol. The monoisotopic (exact) mass is 285 g/mol. The number of nitrogens with zero attached hydrogens (tertiary/aromatic N) is 2. The van der Waals surface area contributed by atoms with Crippen molar-refractivity contribution >= 4 is 11.6 Å². The topological polar surface area (TPSA) is 32.5 Å². The summed E-state index contributed by atoms with van der Waals surface area (Å²) in [4.78, 5) is 4.72. The Hall–Kier alpha value is -0.680. The molecule has 0 amide bonds. The van der Waals surface area contributed by atoms with E-state index in [1.165, 1.54) is 12.1 Å². The number of likely N-dealkylation sites (N-methyl/N-ethyl adjacent to an activating group) is 1. The van der Waals surface area contributed by atoms with Crippen molar-refractivity contribution in [2.24, 2.45) is 5.73 Å². The molecule has 1 aliphatic heterocycles. The number of hydrogen-bond acceptors (Lipinski definition) is 3. The number of hydrogen-bond donors (Lipinski definition) is 1. The van der Waals surface area contributed by atoms with Crippen molar-refractivity contribution in [2.45, 2.75) is 13.0 Å². The maximum Gasteiger partial charge on any atom is 0.125 e. The first-order valence-electron chi connectivity index (χ1n) is 6.76. The number of rotatable bonds is 4. The van der Waals surface area contributed by atoms with Crippen molar-refractivity contribution in [1.82, 2.24) is 9.80 Å². The Bertz CT molecular complexity index is 399. The fourth-order valence-electron chi connectivity index (χ4n) is 2.65. The van der Waals surface area contributed by atoms with Gasteiger partial charge in [0.25, 0.3) is 0 Å². The van der Waals surface area contributed by atoms with E-state index in [-0.39, 0.29) is 11.9 Å². The zero-order valence-electron chi connectivity index (χ0n) is 11.3. The molecule has 106 valence electrons. The van der Waals surface area contributed by atoms with Crippen LogP contribution in [0.25, 0.3) is 0 Å². The van der Waals surface area contributed by atoms with E-state index in [1.54, 1.807) is 0 Å². The normalized spacial score (nSPS) is 19.6. The van der Waals surface area contributed by atoms with Crippen molar-refractivity contribution in [3.8, 4) is 0 Å². The number of benzene rings is 1. The minimum absolute atomic E-state index is 0.0483. The van der Waals surface area contributed by atoms with Crippen molar-refractivity contribution in [2.75, 3.05) is 39.3 Å². The lowest BCUT2D eigenvalue weighted by molar-refractivity contribution is 0.102. The molecule has 0 aromatic heterocycles. The van der Waals surface area contributed by atoms with Gasteiger partial charge in [0.15, 0.2) is 0 Å². The van der Waals surface area contributed by atoms with Crippen LogP contribution in [0.3, 0.4) is 0 Å². The molecule has 5 heteroatoms. The Balaban J connectivity index is 2.11. The molecular weight excluding hydrogens is 265 g/mol. The summed E-state index contributed by atoms with van der Waals surface area (Å²) in [5, 5.41) is 0.431. The van der Waals surface area contributed by atoms with E-state index in [2.05, 4.69) is 16.7 Å². The fraction of sp³-hybridized carbons (Fsp3) is 0.571. The molecule has 2 N–H and O–H groups in total. The Morgan fingerprint density at radius 3 is 2.47 bits per heavy atom. The largest absolute Gasteiger partial charge is 0.329 e. The molecule has 1 aromatic carbocycles. The molecule has 2 rings (SSSR count). The minimum Gasteiger partial charge on any atom is -0.329 e. The van der Waals surface area contributed by atoms with Crippen molar-refractivity contribution in [3.63, 3.8) is 0 Å². The van der Waals surface area contributed by atoms with Gasteiger partial charge in [0.05, 0.1) is 0 Å². The minimum atomic E-state index is -0.298. The maximum atomic E-state index is 13.5. The molecule has 1 atom stereocenters. The lowest BCUT2D eigenvalue weighted by atomic mass is 10.0. The van der Waals surface area contributed by atoms with Crippen LogP contribution in [0.5, 0.6) is 0 Å². The van der Waals surface area contributed by atoms with E-state index in [4.69, 9.17) is 17.3 Å². The second-order valence-corrected chi connectivity index (χ2v) is 5.36. The average molecular weight is 286 g/mol. The lowest BCUT2D eigenvalue weighted by Gasteiger charge is -2.38. The summed E-state index contributed by atoms with van der Waals surface area (Å²) >= 11 is 5.93. The zero-order valence-corrected chi connectivity index (χ0v) is 12.0. The Kier molecular flexibility index (Phi) is 5.16. The average Bonchev–Trinajstić information content (AvgIpc) is 2.39. The summed E-state index contributed by atoms with van der Waals surface area (Å²) in [7, 11) is 0. The fourth-order valence-corrected chi connectivity index (χ4v) is 2.88. The van der Waals surface area contributed by atoms with Gasteiger partial charge in [-0.3, -0.25) is 4.90 Å². The highest BCUT2D eigenvalue weighted by molar-refractivity contribution is 6.30. The van der Waals surface area contributed by atoms with Crippen LogP contribution >= 0.6 is 11.6 Å². The first-order valence-corrected chi connectivity index (χ1v) is 7.14. The second-order valence-electron chi connectivity index (χ2n) is 4.92. The van der Waals surface area contributed by atoms with E-state index < -0.39 is 0 Å². The van der Waals surface area contributed by atoms with Gasteiger partial charge in [0.1, 0.15) is 5.82 Å². The second kappa shape index (κ2) is 6.66.